The van der Waals surface area contributed by atoms with Gasteiger partial charge in [-0.2, -0.15) is 0 Å². The summed E-state index contributed by atoms with van der Waals surface area (Å²) in [5, 5.41) is 21.5. The van der Waals surface area contributed by atoms with Crippen LogP contribution in [0, 0.1) is 0 Å². The van der Waals surface area contributed by atoms with E-state index < -0.39 is 12.0 Å². The van der Waals surface area contributed by atoms with Crippen LogP contribution in [0.15, 0.2) is 54.6 Å². The second-order valence-electron chi connectivity index (χ2n) is 4.23. The summed E-state index contributed by atoms with van der Waals surface area (Å²) >= 11 is 0. The van der Waals surface area contributed by atoms with E-state index in [2.05, 4.69) is 5.32 Å². The molecule has 98 valence electrons. The van der Waals surface area contributed by atoms with Crippen molar-refractivity contribution in [1.29, 1.82) is 0 Å². The highest BCUT2D eigenvalue weighted by atomic mass is 16.4. The number of nitrogens with one attached hydrogen (secondary N) is 1. The smallest absolute Gasteiger partial charge is 0.325 e. The van der Waals surface area contributed by atoms with Crippen LogP contribution in [-0.4, -0.2) is 16.2 Å². The Morgan fingerprint density at radius 3 is 2.26 bits per heavy atom. The first-order valence-electron chi connectivity index (χ1n) is 5.96. The number of aliphatic carboxylic acids is 1. The van der Waals surface area contributed by atoms with Crippen molar-refractivity contribution in [2.75, 3.05) is 0 Å². The maximum absolute atomic E-state index is 11.3. The molecular weight excluding hydrogens is 242 g/mol. The number of hydrogen-bond donors (Lipinski definition) is 3. The first-order valence-corrected chi connectivity index (χ1v) is 5.96. The minimum absolute atomic E-state index is 0.121. The van der Waals surface area contributed by atoms with E-state index in [1.165, 1.54) is 12.1 Å². The standard InChI is InChI=1S/C15H15NO3/c17-13-8-6-12(7-9-13)14(15(18)19)16-10-11-4-2-1-3-5-11/h1-9,14,16-17H,10H2,(H,18,19). The largest absolute Gasteiger partial charge is 0.508 e. The third-order valence-corrected chi connectivity index (χ3v) is 2.83. The molecule has 0 heterocycles. The van der Waals surface area contributed by atoms with Crippen molar-refractivity contribution in [2.24, 2.45) is 0 Å². The Hall–Kier alpha value is -2.33. The zero-order valence-corrected chi connectivity index (χ0v) is 10.3. The monoisotopic (exact) mass is 257 g/mol. The second-order valence-corrected chi connectivity index (χ2v) is 4.23. The number of benzene rings is 2. The summed E-state index contributed by atoms with van der Waals surface area (Å²) in [6, 6.07) is 15.0. The minimum atomic E-state index is -0.943. The number of carboxylic acid groups (broad SMARTS) is 1. The first-order chi connectivity index (χ1) is 9.16. The molecule has 2 rings (SSSR count). The molecule has 1 atom stereocenters. The molecule has 4 nitrogen and oxygen atoms in total. The Morgan fingerprint density at radius 2 is 1.68 bits per heavy atom. The van der Waals surface area contributed by atoms with Crippen LogP contribution in [0.25, 0.3) is 0 Å². The summed E-state index contributed by atoms with van der Waals surface area (Å²) in [6.07, 6.45) is 0. The van der Waals surface area contributed by atoms with E-state index in [1.807, 2.05) is 30.3 Å². The number of phenolic OH excluding ortho intramolecular Hbond substituents is 1. The van der Waals surface area contributed by atoms with Gasteiger partial charge in [0, 0.05) is 6.54 Å². The molecule has 0 aliphatic rings. The van der Waals surface area contributed by atoms with E-state index >= 15 is 0 Å². The molecule has 0 radical (unpaired) electrons. The van der Waals surface area contributed by atoms with Crippen LogP contribution in [0.3, 0.4) is 0 Å². The van der Waals surface area contributed by atoms with Crippen LogP contribution in [0.5, 0.6) is 5.75 Å². The Bertz CT molecular complexity index is 537. The first kappa shape index (κ1) is 13.1. The van der Waals surface area contributed by atoms with Crippen LogP contribution in [0.2, 0.25) is 0 Å². The molecule has 3 N–H and O–H groups in total. The van der Waals surface area contributed by atoms with Gasteiger partial charge in [-0.3, -0.25) is 10.1 Å². The predicted octanol–water partition coefficient (Wildman–Crippen LogP) is 2.31. The van der Waals surface area contributed by atoms with Gasteiger partial charge in [0.15, 0.2) is 0 Å². The number of rotatable bonds is 5. The fourth-order valence-corrected chi connectivity index (χ4v) is 1.83. The highest BCUT2D eigenvalue weighted by Crippen LogP contribution is 2.17. The summed E-state index contributed by atoms with van der Waals surface area (Å²) in [5.74, 6) is -0.822. The molecule has 1 unspecified atom stereocenters. The van der Waals surface area contributed by atoms with E-state index in [1.54, 1.807) is 12.1 Å². The highest BCUT2D eigenvalue weighted by molar-refractivity contribution is 5.75. The fourth-order valence-electron chi connectivity index (χ4n) is 1.83. The van der Waals surface area contributed by atoms with Crippen molar-refractivity contribution in [3.63, 3.8) is 0 Å². The molecule has 2 aromatic rings. The van der Waals surface area contributed by atoms with Gasteiger partial charge in [0.05, 0.1) is 0 Å². The van der Waals surface area contributed by atoms with E-state index in [4.69, 9.17) is 0 Å². The van der Waals surface area contributed by atoms with Gasteiger partial charge in [-0.05, 0) is 23.3 Å². The Kier molecular flexibility index (Phi) is 4.15. The van der Waals surface area contributed by atoms with E-state index in [0.29, 0.717) is 12.1 Å². The van der Waals surface area contributed by atoms with Crippen molar-refractivity contribution in [3.05, 3.63) is 65.7 Å². The fraction of sp³-hybridized carbons (Fsp3) is 0.133. The lowest BCUT2D eigenvalue weighted by Gasteiger charge is -2.15. The highest BCUT2D eigenvalue weighted by Gasteiger charge is 2.18. The van der Waals surface area contributed by atoms with E-state index in [-0.39, 0.29) is 5.75 Å². The summed E-state index contributed by atoms with van der Waals surface area (Å²) in [4.78, 5) is 11.3. The Morgan fingerprint density at radius 1 is 1.05 bits per heavy atom. The third-order valence-electron chi connectivity index (χ3n) is 2.83. The predicted molar refractivity (Wildman–Crippen MR) is 71.8 cm³/mol. The topological polar surface area (TPSA) is 69.6 Å². The third kappa shape index (κ3) is 3.56. The van der Waals surface area contributed by atoms with Gasteiger partial charge in [-0.1, -0.05) is 42.5 Å². The molecule has 4 heteroatoms. The van der Waals surface area contributed by atoms with Crippen LogP contribution < -0.4 is 5.32 Å². The van der Waals surface area contributed by atoms with Crippen molar-refractivity contribution >= 4 is 5.97 Å². The van der Waals surface area contributed by atoms with Gasteiger partial charge >= 0.3 is 5.97 Å². The molecule has 0 aliphatic heterocycles. The number of carboxylic acids is 1. The molecule has 0 saturated heterocycles. The van der Waals surface area contributed by atoms with Gasteiger partial charge in [0.2, 0.25) is 0 Å². The van der Waals surface area contributed by atoms with Crippen LogP contribution in [0.4, 0.5) is 0 Å². The SMILES string of the molecule is O=C(O)C(NCc1ccccc1)c1ccc(O)cc1. The average Bonchev–Trinajstić information content (AvgIpc) is 2.42. The zero-order chi connectivity index (χ0) is 13.7. The quantitative estimate of drug-likeness (QED) is 0.768. The Balaban J connectivity index is 2.09. The molecule has 0 amide bonds. The molecule has 0 fully saturated rings. The molecule has 0 aliphatic carbocycles. The molecule has 19 heavy (non-hydrogen) atoms. The van der Waals surface area contributed by atoms with E-state index in [9.17, 15) is 15.0 Å². The summed E-state index contributed by atoms with van der Waals surface area (Å²) in [7, 11) is 0. The van der Waals surface area contributed by atoms with Crippen LogP contribution >= 0.6 is 0 Å². The number of hydrogen-bond acceptors (Lipinski definition) is 3. The second kappa shape index (κ2) is 6.02. The summed E-state index contributed by atoms with van der Waals surface area (Å²) < 4.78 is 0. The van der Waals surface area contributed by atoms with Gasteiger partial charge in [-0.15, -0.1) is 0 Å². The van der Waals surface area contributed by atoms with Crippen molar-refractivity contribution in [3.8, 4) is 5.75 Å². The molecule has 0 bridgehead atoms. The van der Waals surface area contributed by atoms with Crippen LogP contribution in [-0.2, 0) is 11.3 Å². The van der Waals surface area contributed by atoms with Gasteiger partial charge in [0.1, 0.15) is 11.8 Å². The number of phenols is 1. The average molecular weight is 257 g/mol. The van der Waals surface area contributed by atoms with Gasteiger partial charge in [0.25, 0.3) is 0 Å². The maximum Gasteiger partial charge on any atom is 0.325 e. The van der Waals surface area contributed by atoms with Crippen molar-refractivity contribution < 1.29 is 15.0 Å². The summed E-state index contributed by atoms with van der Waals surface area (Å²) in [5.41, 5.74) is 1.63. The summed E-state index contributed by atoms with van der Waals surface area (Å²) in [6.45, 7) is 0.471. The van der Waals surface area contributed by atoms with E-state index in [0.717, 1.165) is 5.56 Å². The molecule has 0 spiro atoms. The lowest BCUT2D eigenvalue weighted by molar-refractivity contribution is -0.139. The Labute approximate surface area is 111 Å². The lowest BCUT2D eigenvalue weighted by atomic mass is 10.1. The zero-order valence-electron chi connectivity index (χ0n) is 10.3. The van der Waals surface area contributed by atoms with Gasteiger partial charge < -0.3 is 10.2 Å². The molecule has 0 aromatic heterocycles. The maximum atomic E-state index is 11.3. The number of carbonyl (C=O) groups is 1. The number of aromatic hydroxyl groups is 1. The molecular formula is C15H15NO3. The van der Waals surface area contributed by atoms with Gasteiger partial charge in [-0.25, -0.2) is 0 Å². The van der Waals surface area contributed by atoms with Crippen molar-refractivity contribution in [1.82, 2.24) is 5.32 Å². The van der Waals surface area contributed by atoms with Crippen molar-refractivity contribution in [2.45, 2.75) is 12.6 Å². The molecule has 2 aromatic carbocycles. The molecule has 0 saturated carbocycles. The van der Waals surface area contributed by atoms with Crippen LogP contribution in [0.1, 0.15) is 17.2 Å². The minimum Gasteiger partial charge on any atom is -0.508 e. The lowest BCUT2D eigenvalue weighted by Crippen LogP contribution is -2.28. The normalized spacial score (nSPS) is 12.0.